The van der Waals surface area contributed by atoms with Gasteiger partial charge >= 0.3 is 0 Å². The average molecular weight is 325 g/mol. The van der Waals surface area contributed by atoms with Gasteiger partial charge in [-0.1, -0.05) is 17.7 Å². The van der Waals surface area contributed by atoms with Crippen molar-refractivity contribution >= 4 is 27.3 Å². The fraction of sp³-hybridized carbons (Fsp3) is 0.0714. The van der Waals surface area contributed by atoms with Crippen LogP contribution in [0, 0.1) is 24.1 Å². The van der Waals surface area contributed by atoms with Crippen molar-refractivity contribution in [2.45, 2.75) is 11.8 Å². The zero-order valence-electron chi connectivity index (χ0n) is 10.9. The van der Waals surface area contributed by atoms with Crippen molar-refractivity contribution in [2.75, 3.05) is 4.72 Å². The lowest BCUT2D eigenvalue weighted by Gasteiger charge is -2.09. The van der Waals surface area contributed by atoms with E-state index in [1.54, 1.807) is 6.92 Å². The van der Waals surface area contributed by atoms with Gasteiger partial charge in [0.05, 0.1) is 21.2 Å². The molecule has 0 amide bonds. The van der Waals surface area contributed by atoms with Crippen LogP contribution in [0.3, 0.4) is 0 Å². The van der Waals surface area contributed by atoms with E-state index in [1.807, 2.05) is 6.07 Å². The van der Waals surface area contributed by atoms with Gasteiger partial charge in [-0.15, -0.1) is 0 Å². The van der Waals surface area contributed by atoms with Crippen molar-refractivity contribution in [3.63, 3.8) is 0 Å². The predicted octanol–water partition coefficient (Wildman–Crippen LogP) is 3.46. The fourth-order valence-electron chi connectivity index (χ4n) is 1.62. The summed E-state index contributed by atoms with van der Waals surface area (Å²) in [6.45, 7) is 1.58. The number of rotatable bonds is 3. The van der Waals surface area contributed by atoms with Crippen LogP contribution in [0.1, 0.15) is 11.1 Å². The molecule has 108 valence electrons. The molecular weight excluding hydrogens is 315 g/mol. The van der Waals surface area contributed by atoms with Crippen molar-refractivity contribution < 1.29 is 12.8 Å². The lowest BCUT2D eigenvalue weighted by Crippen LogP contribution is -2.13. The lowest BCUT2D eigenvalue weighted by molar-refractivity contribution is 0.601. The molecule has 0 bridgehead atoms. The van der Waals surface area contributed by atoms with Gasteiger partial charge in [0.1, 0.15) is 11.9 Å². The van der Waals surface area contributed by atoms with Crippen molar-refractivity contribution in [3.8, 4) is 6.07 Å². The lowest BCUT2D eigenvalue weighted by atomic mass is 10.2. The van der Waals surface area contributed by atoms with Gasteiger partial charge in [-0.05, 0) is 42.8 Å². The Kier molecular flexibility index (Phi) is 4.16. The van der Waals surface area contributed by atoms with E-state index in [4.69, 9.17) is 16.9 Å². The van der Waals surface area contributed by atoms with Crippen LogP contribution in [0.15, 0.2) is 41.3 Å². The molecule has 7 heteroatoms. The highest BCUT2D eigenvalue weighted by atomic mass is 35.5. The minimum atomic E-state index is -3.90. The molecule has 0 radical (unpaired) electrons. The molecule has 0 heterocycles. The Morgan fingerprint density at radius 3 is 2.52 bits per heavy atom. The Bertz CT molecular complexity index is 845. The Labute approximate surface area is 126 Å². The summed E-state index contributed by atoms with van der Waals surface area (Å²) in [5.74, 6) is -0.506. The molecule has 0 spiro atoms. The molecule has 0 saturated heterocycles. The maximum absolute atomic E-state index is 13.4. The normalized spacial score (nSPS) is 11.0. The molecule has 2 rings (SSSR count). The molecule has 0 saturated carbocycles. The number of halogens is 2. The molecule has 0 aliphatic rings. The molecule has 1 N–H and O–H groups in total. The number of nitriles is 1. The second-order valence-electron chi connectivity index (χ2n) is 4.32. The second-order valence-corrected chi connectivity index (χ2v) is 6.41. The first kappa shape index (κ1) is 15.3. The van der Waals surface area contributed by atoms with Crippen molar-refractivity contribution in [1.82, 2.24) is 0 Å². The van der Waals surface area contributed by atoms with Gasteiger partial charge in [0, 0.05) is 0 Å². The van der Waals surface area contributed by atoms with Gasteiger partial charge in [0.2, 0.25) is 0 Å². The number of nitrogens with one attached hydrogen (secondary N) is 1. The predicted molar refractivity (Wildman–Crippen MR) is 78.1 cm³/mol. The molecule has 0 fully saturated rings. The number of nitrogens with zero attached hydrogens (tertiary/aromatic N) is 1. The standard InChI is InChI=1S/C14H10ClFN2O2S/c1-9-2-4-11(6-14(9)16)18-21(19,20)12-5-3-10(8-17)13(15)7-12/h2-7,18H,1H3. The maximum Gasteiger partial charge on any atom is 0.261 e. The summed E-state index contributed by atoms with van der Waals surface area (Å²) in [6, 6.07) is 9.61. The summed E-state index contributed by atoms with van der Waals surface area (Å²) in [7, 11) is -3.90. The van der Waals surface area contributed by atoms with E-state index in [2.05, 4.69) is 4.72 Å². The van der Waals surface area contributed by atoms with Gasteiger partial charge < -0.3 is 0 Å². The molecule has 4 nitrogen and oxygen atoms in total. The highest BCUT2D eigenvalue weighted by molar-refractivity contribution is 7.92. The van der Waals surface area contributed by atoms with Crippen LogP contribution in [-0.2, 0) is 10.0 Å². The minimum absolute atomic E-state index is 0.0375. The third-order valence-corrected chi connectivity index (χ3v) is 4.49. The molecule has 0 atom stereocenters. The third-order valence-electron chi connectivity index (χ3n) is 2.80. The van der Waals surface area contributed by atoms with E-state index in [9.17, 15) is 12.8 Å². The molecule has 0 aliphatic carbocycles. The van der Waals surface area contributed by atoms with Gasteiger partial charge in [-0.3, -0.25) is 4.72 Å². The van der Waals surface area contributed by atoms with E-state index in [0.717, 1.165) is 6.07 Å². The summed E-state index contributed by atoms with van der Waals surface area (Å²) in [5.41, 5.74) is 0.704. The van der Waals surface area contributed by atoms with Crippen LogP contribution in [0.5, 0.6) is 0 Å². The van der Waals surface area contributed by atoms with Crippen LogP contribution in [0.4, 0.5) is 10.1 Å². The average Bonchev–Trinajstić information content (AvgIpc) is 2.42. The van der Waals surface area contributed by atoms with E-state index >= 15 is 0 Å². The maximum atomic E-state index is 13.4. The first-order valence-electron chi connectivity index (χ1n) is 5.82. The van der Waals surface area contributed by atoms with E-state index in [1.165, 1.54) is 30.3 Å². The summed E-state index contributed by atoms with van der Waals surface area (Å²) >= 11 is 5.81. The van der Waals surface area contributed by atoms with Crippen LogP contribution >= 0.6 is 11.6 Å². The quantitative estimate of drug-likeness (QED) is 0.940. The van der Waals surface area contributed by atoms with Crippen LogP contribution < -0.4 is 4.72 Å². The minimum Gasteiger partial charge on any atom is -0.280 e. The van der Waals surface area contributed by atoms with Gasteiger partial charge in [0.25, 0.3) is 10.0 Å². The summed E-state index contributed by atoms with van der Waals surface area (Å²) in [5, 5.41) is 8.80. The summed E-state index contributed by atoms with van der Waals surface area (Å²) < 4.78 is 40.0. The Morgan fingerprint density at radius 2 is 1.95 bits per heavy atom. The topological polar surface area (TPSA) is 70.0 Å². The highest BCUT2D eigenvalue weighted by Crippen LogP contribution is 2.23. The molecule has 21 heavy (non-hydrogen) atoms. The number of hydrogen-bond donors (Lipinski definition) is 1. The first-order valence-corrected chi connectivity index (χ1v) is 7.68. The first-order chi connectivity index (χ1) is 9.83. The van der Waals surface area contributed by atoms with Crippen molar-refractivity contribution in [3.05, 3.63) is 58.4 Å². The molecule has 0 aliphatic heterocycles. The highest BCUT2D eigenvalue weighted by Gasteiger charge is 2.16. The van der Waals surface area contributed by atoms with E-state index in [-0.39, 0.29) is 21.2 Å². The monoisotopic (exact) mass is 324 g/mol. The largest absolute Gasteiger partial charge is 0.280 e. The molecular formula is C14H10ClFN2O2S. The smallest absolute Gasteiger partial charge is 0.261 e. The number of benzene rings is 2. The summed E-state index contributed by atoms with van der Waals surface area (Å²) in [6.07, 6.45) is 0. The number of sulfonamides is 1. The van der Waals surface area contributed by atoms with Crippen LogP contribution in [-0.4, -0.2) is 8.42 Å². The van der Waals surface area contributed by atoms with Gasteiger partial charge in [0.15, 0.2) is 0 Å². The zero-order chi connectivity index (χ0) is 15.6. The van der Waals surface area contributed by atoms with Crippen molar-refractivity contribution in [1.29, 1.82) is 5.26 Å². The molecule has 0 unspecified atom stereocenters. The molecule has 0 aromatic heterocycles. The van der Waals surface area contributed by atoms with Crippen molar-refractivity contribution in [2.24, 2.45) is 0 Å². The van der Waals surface area contributed by atoms with E-state index in [0.29, 0.717) is 5.56 Å². The Hall–Kier alpha value is -2.10. The molecule has 2 aromatic rings. The van der Waals surface area contributed by atoms with Crippen LogP contribution in [0.2, 0.25) is 5.02 Å². The summed E-state index contributed by atoms with van der Waals surface area (Å²) in [4.78, 5) is -0.104. The number of hydrogen-bond acceptors (Lipinski definition) is 3. The van der Waals surface area contributed by atoms with Crippen LogP contribution in [0.25, 0.3) is 0 Å². The van der Waals surface area contributed by atoms with Gasteiger partial charge in [-0.25, -0.2) is 12.8 Å². The van der Waals surface area contributed by atoms with Gasteiger partial charge in [-0.2, -0.15) is 5.26 Å². The Balaban J connectivity index is 2.36. The fourth-order valence-corrected chi connectivity index (χ4v) is 2.99. The SMILES string of the molecule is Cc1ccc(NS(=O)(=O)c2ccc(C#N)c(Cl)c2)cc1F. The Morgan fingerprint density at radius 1 is 1.24 bits per heavy atom. The third kappa shape index (κ3) is 3.32. The second kappa shape index (κ2) is 5.72. The number of aryl methyl sites for hydroxylation is 1. The number of anilines is 1. The van der Waals surface area contributed by atoms with E-state index < -0.39 is 15.8 Å². The zero-order valence-corrected chi connectivity index (χ0v) is 12.5. The molecule has 2 aromatic carbocycles.